The quantitative estimate of drug-likeness (QED) is 0.239. The van der Waals surface area contributed by atoms with Crippen LogP contribution >= 0.6 is 0 Å². The minimum Gasteiger partial charge on any atom is -0.463 e. The Hall–Kier alpha value is -4.29. The summed E-state index contributed by atoms with van der Waals surface area (Å²) in [6.45, 7) is 5.50. The van der Waals surface area contributed by atoms with E-state index in [4.69, 9.17) is 9.47 Å². The summed E-state index contributed by atoms with van der Waals surface area (Å²) in [5.41, 5.74) is -1.29. The van der Waals surface area contributed by atoms with Crippen molar-refractivity contribution in [3.05, 3.63) is 66.5 Å². The molecule has 1 N–H and O–H groups in total. The van der Waals surface area contributed by atoms with Crippen molar-refractivity contribution in [2.24, 2.45) is 0 Å². The Kier molecular flexibility index (Phi) is 7.41. The Morgan fingerprint density at radius 2 is 1.89 bits per heavy atom. The lowest BCUT2D eigenvalue weighted by Gasteiger charge is -2.34. The Morgan fingerprint density at radius 1 is 1.19 bits per heavy atom. The largest absolute Gasteiger partial charge is 0.463 e. The SMILES string of the molecule is CCOC(=O)C1=C(C)NC2=C(C(=O)CCC2)C1c1cc(OC(=O)C(C)(C)O[N+](=O)[O-])ccc1[N+](=O)[O-]. The highest BCUT2D eigenvalue weighted by Crippen LogP contribution is 2.46. The van der Waals surface area contributed by atoms with Gasteiger partial charge in [0.2, 0.25) is 5.60 Å². The van der Waals surface area contributed by atoms with Gasteiger partial charge in [0.05, 0.1) is 23.0 Å². The molecule has 13 heteroatoms. The lowest BCUT2D eigenvalue weighted by molar-refractivity contribution is -0.774. The molecular formula is C23H25N3O10. The summed E-state index contributed by atoms with van der Waals surface area (Å²) >= 11 is 0. The summed E-state index contributed by atoms with van der Waals surface area (Å²) in [6.07, 6.45) is 1.27. The van der Waals surface area contributed by atoms with Crippen LogP contribution < -0.4 is 10.1 Å². The number of ketones is 1. The van der Waals surface area contributed by atoms with E-state index in [1.165, 1.54) is 6.07 Å². The highest BCUT2D eigenvalue weighted by atomic mass is 17.0. The number of hydrogen-bond acceptors (Lipinski definition) is 11. The molecule has 0 saturated heterocycles. The molecule has 1 heterocycles. The van der Waals surface area contributed by atoms with Crippen LogP contribution in [0.25, 0.3) is 0 Å². The molecule has 1 aliphatic heterocycles. The van der Waals surface area contributed by atoms with Crippen molar-refractivity contribution >= 4 is 23.4 Å². The van der Waals surface area contributed by atoms with Crippen LogP contribution in [0.5, 0.6) is 5.75 Å². The van der Waals surface area contributed by atoms with Crippen LogP contribution in [0.1, 0.15) is 58.4 Å². The number of nitro benzene ring substituents is 1. The number of allylic oxidation sites excluding steroid dienone is 3. The number of dihydropyridines is 1. The molecule has 2 aliphatic rings. The maximum absolute atomic E-state index is 13.0. The van der Waals surface area contributed by atoms with Crippen LogP contribution in [-0.4, -0.2) is 39.9 Å². The number of nitro groups is 1. The Bertz CT molecular complexity index is 1210. The summed E-state index contributed by atoms with van der Waals surface area (Å²) in [4.78, 5) is 64.9. The predicted octanol–water partition coefficient (Wildman–Crippen LogP) is 3.02. The third-order valence-corrected chi connectivity index (χ3v) is 5.78. The molecule has 0 bridgehead atoms. The van der Waals surface area contributed by atoms with E-state index in [9.17, 15) is 34.6 Å². The van der Waals surface area contributed by atoms with E-state index in [2.05, 4.69) is 10.2 Å². The molecule has 0 saturated carbocycles. The van der Waals surface area contributed by atoms with Gasteiger partial charge in [-0.05, 0) is 52.7 Å². The molecule has 0 amide bonds. The van der Waals surface area contributed by atoms with Gasteiger partial charge in [0.15, 0.2) is 5.78 Å². The zero-order valence-electron chi connectivity index (χ0n) is 20.1. The van der Waals surface area contributed by atoms with Gasteiger partial charge >= 0.3 is 11.9 Å². The number of rotatable bonds is 8. The zero-order chi connectivity index (χ0) is 26.8. The average molecular weight is 503 g/mol. The number of hydrogen-bond donors (Lipinski definition) is 1. The molecule has 1 unspecified atom stereocenters. The molecule has 0 radical (unpaired) electrons. The number of carbonyl (C=O) groups is 3. The maximum atomic E-state index is 13.0. The van der Waals surface area contributed by atoms with Crippen molar-refractivity contribution in [1.82, 2.24) is 5.32 Å². The fourth-order valence-corrected chi connectivity index (χ4v) is 4.22. The summed E-state index contributed by atoms with van der Waals surface area (Å²) in [6, 6.07) is 3.39. The normalized spacial score (nSPS) is 17.7. The average Bonchev–Trinajstić information content (AvgIpc) is 2.77. The minimum atomic E-state index is -1.97. The van der Waals surface area contributed by atoms with Gasteiger partial charge in [0.1, 0.15) is 5.75 Å². The number of Topliss-reactive ketones (excluding diaryl/α,β-unsaturated/α-hetero) is 1. The van der Waals surface area contributed by atoms with E-state index in [1.54, 1.807) is 13.8 Å². The molecule has 1 aliphatic carbocycles. The molecule has 0 spiro atoms. The number of esters is 2. The van der Waals surface area contributed by atoms with Gasteiger partial charge in [0, 0.05) is 35.0 Å². The van der Waals surface area contributed by atoms with Crippen LogP contribution in [0.3, 0.4) is 0 Å². The third-order valence-electron chi connectivity index (χ3n) is 5.78. The van der Waals surface area contributed by atoms with Crippen LogP contribution in [0.15, 0.2) is 40.7 Å². The number of nitrogens with one attached hydrogen (secondary N) is 1. The smallest absolute Gasteiger partial charge is 0.343 e. The van der Waals surface area contributed by atoms with Crippen molar-refractivity contribution in [2.75, 3.05) is 6.61 Å². The molecule has 36 heavy (non-hydrogen) atoms. The number of nitrogens with zero attached hydrogens (tertiary/aromatic N) is 2. The van der Waals surface area contributed by atoms with E-state index >= 15 is 0 Å². The lowest BCUT2D eigenvalue weighted by atomic mass is 9.74. The van der Waals surface area contributed by atoms with Crippen molar-refractivity contribution in [2.45, 2.75) is 58.5 Å². The summed E-state index contributed by atoms with van der Waals surface area (Å²) in [7, 11) is 0. The fraction of sp³-hybridized carbons (Fsp3) is 0.435. The van der Waals surface area contributed by atoms with Gasteiger partial charge in [-0.3, -0.25) is 19.7 Å². The maximum Gasteiger partial charge on any atom is 0.343 e. The first-order valence-electron chi connectivity index (χ1n) is 11.1. The molecule has 192 valence electrons. The second-order valence-corrected chi connectivity index (χ2v) is 8.68. The number of ether oxygens (including phenoxy) is 2. The van der Waals surface area contributed by atoms with E-state index in [1.807, 2.05) is 0 Å². The molecule has 0 fully saturated rings. The third kappa shape index (κ3) is 5.19. The van der Waals surface area contributed by atoms with Gasteiger partial charge in [-0.2, -0.15) is 0 Å². The van der Waals surface area contributed by atoms with Crippen molar-refractivity contribution in [3.63, 3.8) is 0 Å². The monoisotopic (exact) mass is 503 g/mol. The summed E-state index contributed by atoms with van der Waals surface area (Å²) in [5.74, 6) is -3.51. The van der Waals surface area contributed by atoms with E-state index < -0.39 is 39.2 Å². The van der Waals surface area contributed by atoms with E-state index in [-0.39, 0.29) is 41.3 Å². The summed E-state index contributed by atoms with van der Waals surface area (Å²) in [5, 5.41) is 24.6. The highest BCUT2D eigenvalue weighted by molar-refractivity contribution is 6.04. The van der Waals surface area contributed by atoms with Crippen LogP contribution in [0.4, 0.5) is 5.69 Å². The Labute approximate surface area is 205 Å². The highest BCUT2D eigenvalue weighted by Gasteiger charge is 2.42. The number of benzene rings is 1. The first kappa shape index (κ1) is 26.3. The first-order chi connectivity index (χ1) is 16.9. The van der Waals surface area contributed by atoms with E-state index in [0.29, 0.717) is 24.2 Å². The summed E-state index contributed by atoms with van der Waals surface area (Å²) < 4.78 is 10.4. The fourth-order valence-electron chi connectivity index (χ4n) is 4.22. The van der Waals surface area contributed by atoms with E-state index in [0.717, 1.165) is 26.0 Å². The standard InChI is InChI=1S/C23H25N3O10/c1-5-34-21(28)18-12(2)24-15-7-6-8-17(27)20(15)19(18)14-11-13(9-10-16(14)25(30)31)35-22(29)23(3,4)36-26(32)33/h9-11,19,24H,5-8H2,1-4H3. The first-order valence-corrected chi connectivity index (χ1v) is 11.1. The van der Waals surface area contributed by atoms with Gasteiger partial charge < -0.3 is 14.8 Å². The molecule has 13 nitrogen and oxygen atoms in total. The molecule has 1 atom stereocenters. The Morgan fingerprint density at radius 3 is 2.50 bits per heavy atom. The van der Waals surface area contributed by atoms with Crippen LogP contribution in [0.2, 0.25) is 0 Å². The van der Waals surface area contributed by atoms with Crippen LogP contribution in [-0.2, 0) is 24.0 Å². The predicted molar refractivity (Wildman–Crippen MR) is 122 cm³/mol. The van der Waals surface area contributed by atoms with Gasteiger partial charge in [-0.15, -0.1) is 10.1 Å². The van der Waals surface area contributed by atoms with Crippen molar-refractivity contribution < 1.29 is 38.7 Å². The molecule has 0 aromatic heterocycles. The molecular weight excluding hydrogens is 478 g/mol. The molecule has 1 aromatic rings. The second kappa shape index (κ2) is 10.1. The van der Waals surface area contributed by atoms with Crippen molar-refractivity contribution in [1.29, 1.82) is 0 Å². The van der Waals surface area contributed by atoms with Gasteiger partial charge in [0.25, 0.3) is 10.8 Å². The topological polar surface area (TPSA) is 177 Å². The Balaban J connectivity index is 2.18. The zero-order valence-corrected chi connectivity index (χ0v) is 20.1. The molecule has 1 aromatic carbocycles. The van der Waals surface area contributed by atoms with Gasteiger partial charge in [-0.25, -0.2) is 9.59 Å². The lowest BCUT2D eigenvalue weighted by Crippen LogP contribution is -2.40. The van der Waals surface area contributed by atoms with Crippen LogP contribution in [0, 0.1) is 20.2 Å². The minimum absolute atomic E-state index is 0.0226. The molecule has 3 rings (SSSR count). The van der Waals surface area contributed by atoms with Gasteiger partial charge in [-0.1, -0.05) is 0 Å². The number of carbonyl (C=O) groups excluding carboxylic acids is 3. The second-order valence-electron chi connectivity index (χ2n) is 8.68. The van der Waals surface area contributed by atoms with Crippen molar-refractivity contribution in [3.8, 4) is 5.75 Å².